The summed E-state index contributed by atoms with van der Waals surface area (Å²) in [6, 6.07) is 12.4. The maximum absolute atomic E-state index is 12.2. The van der Waals surface area contributed by atoms with Crippen molar-refractivity contribution in [1.82, 2.24) is 5.32 Å². The van der Waals surface area contributed by atoms with Gasteiger partial charge in [0, 0.05) is 19.2 Å². The fourth-order valence-electron chi connectivity index (χ4n) is 2.66. The highest BCUT2D eigenvalue weighted by molar-refractivity contribution is 6.32. The average Bonchev–Trinajstić information content (AvgIpc) is 3.35. The first-order valence-electron chi connectivity index (χ1n) is 8.63. The third kappa shape index (κ3) is 5.36. The van der Waals surface area contributed by atoms with Gasteiger partial charge in [0.2, 0.25) is 0 Å². The predicted octanol–water partition coefficient (Wildman–Crippen LogP) is 3.71. The first-order valence-corrected chi connectivity index (χ1v) is 9.01. The molecule has 140 valence electrons. The van der Waals surface area contributed by atoms with Gasteiger partial charge in [-0.05, 0) is 37.1 Å². The van der Waals surface area contributed by atoms with E-state index in [-0.39, 0.29) is 18.3 Å². The highest BCUT2D eigenvalue weighted by atomic mass is 35.5. The van der Waals surface area contributed by atoms with Gasteiger partial charge in [0.1, 0.15) is 35.5 Å². The molecule has 1 unspecified atom stereocenters. The molecule has 3 rings (SSSR count). The number of hydrogen-bond acceptors (Lipinski definition) is 5. The van der Waals surface area contributed by atoms with Gasteiger partial charge in [-0.3, -0.25) is 4.79 Å². The van der Waals surface area contributed by atoms with E-state index in [1.807, 2.05) is 18.2 Å². The Balaban J connectivity index is 1.57. The van der Waals surface area contributed by atoms with Crippen LogP contribution in [0.5, 0.6) is 5.75 Å². The Morgan fingerprint density at radius 1 is 1.37 bits per heavy atom. The number of nitrogens with zero attached hydrogens (tertiary/aromatic N) is 1. The van der Waals surface area contributed by atoms with Crippen LogP contribution >= 0.6 is 11.6 Å². The van der Waals surface area contributed by atoms with Crippen molar-refractivity contribution < 1.29 is 18.7 Å². The van der Waals surface area contributed by atoms with Crippen LogP contribution in [0, 0.1) is 11.3 Å². The van der Waals surface area contributed by atoms with Crippen molar-refractivity contribution in [3.8, 4) is 11.8 Å². The first kappa shape index (κ1) is 19.0. The molecule has 2 aromatic rings. The normalized spacial score (nSPS) is 16.7. The van der Waals surface area contributed by atoms with E-state index in [9.17, 15) is 10.1 Å². The molecule has 1 fully saturated rings. The summed E-state index contributed by atoms with van der Waals surface area (Å²) in [5.41, 5.74) is -0.0269. The van der Waals surface area contributed by atoms with Crippen LogP contribution in [0.15, 0.2) is 46.4 Å². The maximum Gasteiger partial charge on any atom is 0.262 e. The van der Waals surface area contributed by atoms with Crippen molar-refractivity contribution >= 4 is 23.6 Å². The van der Waals surface area contributed by atoms with E-state index in [0.717, 1.165) is 12.8 Å². The highest BCUT2D eigenvalue weighted by Crippen LogP contribution is 2.24. The molecule has 0 saturated carbocycles. The lowest BCUT2D eigenvalue weighted by atomic mass is 10.2. The summed E-state index contributed by atoms with van der Waals surface area (Å²) in [4.78, 5) is 12.2. The van der Waals surface area contributed by atoms with E-state index in [4.69, 9.17) is 25.5 Å². The number of rotatable bonds is 7. The van der Waals surface area contributed by atoms with E-state index in [1.165, 1.54) is 6.08 Å². The zero-order valence-corrected chi connectivity index (χ0v) is 15.4. The lowest BCUT2D eigenvalue weighted by molar-refractivity contribution is -0.117. The Morgan fingerprint density at radius 2 is 2.22 bits per heavy atom. The summed E-state index contributed by atoms with van der Waals surface area (Å²) in [5, 5.41) is 12.5. The van der Waals surface area contributed by atoms with E-state index >= 15 is 0 Å². The van der Waals surface area contributed by atoms with Gasteiger partial charge in [-0.1, -0.05) is 23.7 Å². The SMILES string of the molecule is N#C/C(=C\c1ccc(COc2ccccc2Cl)o1)C(=O)NCC1CCCO1. The second-order valence-electron chi connectivity index (χ2n) is 6.04. The van der Waals surface area contributed by atoms with Crippen LogP contribution in [-0.4, -0.2) is 25.2 Å². The van der Waals surface area contributed by atoms with Crippen molar-refractivity contribution in [2.45, 2.75) is 25.6 Å². The number of halogens is 1. The molecule has 1 atom stereocenters. The molecule has 1 aromatic carbocycles. The minimum atomic E-state index is -0.446. The summed E-state index contributed by atoms with van der Waals surface area (Å²) in [6.07, 6.45) is 3.33. The standard InChI is InChI=1S/C20H19ClN2O4/c21-18-5-1-2-6-19(18)26-13-17-8-7-15(27-17)10-14(11-22)20(24)23-12-16-4-3-9-25-16/h1-2,5-8,10,16H,3-4,9,12-13H2,(H,23,24)/b14-10+. The molecule has 1 saturated heterocycles. The number of benzene rings is 1. The quantitative estimate of drug-likeness (QED) is 0.579. The van der Waals surface area contributed by atoms with Crippen molar-refractivity contribution in [3.05, 3.63) is 58.5 Å². The molecular formula is C20H19ClN2O4. The monoisotopic (exact) mass is 386 g/mol. The topological polar surface area (TPSA) is 84.5 Å². The molecule has 2 heterocycles. The van der Waals surface area contributed by atoms with Gasteiger partial charge in [-0.2, -0.15) is 5.26 Å². The first-order chi connectivity index (χ1) is 13.2. The van der Waals surface area contributed by atoms with Gasteiger partial charge < -0.3 is 19.2 Å². The van der Waals surface area contributed by atoms with E-state index in [1.54, 1.807) is 24.3 Å². The third-order valence-corrected chi connectivity index (χ3v) is 4.37. The zero-order chi connectivity index (χ0) is 19.1. The molecule has 0 spiro atoms. The number of nitrogens with one attached hydrogen (secondary N) is 1. The summed E-state index contributed by atoms with van der Waals surface area (Å²) in [5.74, 6) is 1.06. The Morgan fingerprint density at radius 3 is 2.96 bits per heavy atom. The Bertz CT molecular complexity index is 863. The molecule has 7 heteroatoms. The number of ether oxygens (including phenoxy) is 2. The Kier molecular flexibility index (Phi) is 6.53. The van der Waals surface area contributed by atoms with Gasteiger partial charge in [0.15, 0.2) is 0 Å². The molecule has 0 bridgehead atoms. The molecule has 1 amide bonds. The van der Waals surface area contributed by atoms with Crippen LogP contribution in [0.3, 0.4) is 0 Å². The van der Waals surface area contributed by atoms with E-state index in [2.05, 4.69) is 5.32 Å². The summed E-state index contributed by atoms with van der Waals surface area (Å²) in [7, 11) is 0. The number of para-hydroxylation sites is 1. The lowest BCUT2D eigenvalue weighted by Crippen LogP contribution is -2.32. The van der Waals surface area contributed by atoms with Crippen LogP contribution < -0.4 is 10.1 Å². The molecule has 1 aromatic heterocycles. The summed E-state index contributed by atoms with van der Waals surface area (Å²) in [6.45, 7) is 1.30. The van der Waals surface area contributed by atoms with Crippen molar-refractivity contribution in [1.29, 1.82) is 5.26 Å². The van der Waals surface area contributed by atoms with Crippen molar-refractivity contribution in [2.75, 3.05) is 13.2 Å². The number of carbonyl (C=O) groups is 1. The van der Waals surface area contributed by atoms with E-state index in [0.29, 0.717) is 35.4 Å². The molecule has 0 aliphatic carbocycles. The molecule has 1 aliphatic heterocycles. The van der Waals surface area contributed by atoms with Gasteiger partial charge >= 0.3 is 0 Å². The molecule has 27 heavy (non-hydrogen) atoms. The Hall–Kier alpha value is -2.75. The van der Waals surface area contributed by atoms with Crippen LogP contribution in [0.2, 0.25) is 5.02 Å². The van der Waals surface area contributed by atoms with Crippen LogP contribution in [-0.2, 0) is 16.1 Å². The van der Waals surface area contributed by atoms with Crippen LogP contribution in [0.4, 0.5) is 0 Å². The minimum absolute atomic E-state index is 0.0195. The minimum Gasteiger partial charge on any atom is -0.484 e. The van der Waals surface area contributed by atoms with Gasteiger partial charge in [0.05, 0.1) is 11.1 Å². The predicted molar refractivity (Wildman–Crippen MR) is 100 cm³/mol. The highest BCUT2D eigenvalue weighted by Gasteiger charge is 2.18. The number of hydrogen-bond donors (Lipinski definition) is 1. The molecule has 1 N–H and O–H groups in total. The van der Waals surface area contributed by atoms with Crippen molar-refractivity contribution in [3.63, 3.8) is 0 Å². The van der Waals surface area contributed by atoms with Crippen molar-refractivity contribution in [2.24, 2.45) is 0 Å². The molecular weight excluding hydrogens is 368 g/mol. The largest absolute Gasteiger partial charge is 0.484 e. The second-order valence-corrected chi connectivity index (χ2v) is 6.45. The second kappa shape index (κ2) is 9.26. The van der Waals surface area contributed by atoms with Crippen LogP contribution in [0.25, 0.3) is 6.08 Å². The third-order valence-electron chi connectivity index (χ3n) is 4.05. The van der Waals surface area contributed by atoms with Crippen LogP contribution in [0.1, 0.15) is 24.4 Å². The fraction of sp³-hybridized carbons (Fsp3) is 0.300. The average molecular weight is 387 g/mol. The summed E-state index contributed by atoms with van der Waals surface area (Å²) < 4.78 is 16.7. The number of carbonyl (C=O) groups excluding carboxylic acids is 1. The Labute approximate surface area is 162 Å². The number of amides is 1. The lowest BCUT2D eigenvalue weighted by Gasteiger charge is -2.09. The number of nitriles is 1. The van der Waals surface area contributed by atoms with Gasteiger partial charge in [0.25, 0.3) is 5.91 Å². The summed E-state index contributed by atoms with van der Waals surface area (Å²) >= 11 is 6.04. The maximum atomic E-state index is 12.2. The molecule has 6 nitrogen and oxygen atoms in total. The molecule has 0 radical (unpaired) electrons. The smallest absolute Gasteiger partial charge is 0.262 e. The van der Waals surface area contributed by atoms with E-state index < -0.39 is 5.91 Å². The molecule has 1 aliphatic rings. The van der Waals surface area contributed by atoms with Gasteiger partial charge in [-0.25, -0.2) is 0 Å². The number of furan rings is 1. The fourth-order valence-corrected chi connectivity index (χ4v) is 2.85. The zero-order valence-electron chi connectivity index (χ0n) is 14.6. The van der Waals surface area contributed by atoms with Gasteiger partial charge in [-0.15, -0.1) is 0 Å².